The zero-order valence-electron chi connectivity index (χ0n) is 10.8. The van der Waals surface area contributed by atoms with Crippen molar-refractivity contribution < 1.29 is 0 Å². The maximum absolute atomic E-state index is 3.79. The first-order chi connectivity index (χ1) is 7.93. The molecule has 94 valence electrons. The van der Waals surface area contributed by atoms with E-state index in [0.29, 0.717) is 0 Å². The minimum atomic E-state index is 0.748. The molecule has 0 aromatic rings. The molecule has 0 aliphatic heterocycles. The molecule has 0 saturated heterocycles. The number of nitrogens with one attached hydrogen (secondary N) is 1. The monoisotopic (exact) mass is 223 g/mol. The Morgan fingerprint density at radius 2 is 1.25 bits per heavy atom. The van der Waals surface area contributed by atoms with E-state index in [4.69, 9.17) is 0 Å². The van der Waals surface area contributed by atoms with Crippen LogP contribution in [0.15, 0.2) is 12.7 Å². The first kappa shape index (κ1) is 13.8. The lowest BCUT2D eigenvalue weighted by Crippen LogP contribution is -2.29. The fourth-order valence-electron chi connectivity index (χ4n) is 2.62. The molecule has 1 nitrogen and oxygen atoms in total. The maximum Gasteiger partial charge on any atom is 0.0134 e. The molecule has 1 aliphatic rings. The summed E-state index contributed by atoms with van der Waals surface area (Å²) in [4.78, 5) is 0. The van der Waals surface area contributed by atoms with Gasteiger partial charge < -0.3 is 5.32 Å². The molecule has 16 heavy (non-hydrogen) atoms. The van der Waals surface area contributed by atoms with Crippen LogP contribution in [0.2, 0.25) is 0 Å². The van der Waals surface area contributed by atoms with E-state index in [0.717, 1.165) is 12.6 Å². The standard InChI is InChI=1S/C15H29N/c1-2-14-16-15-12-10-8-6-4-3-5-7-9-11-13-15/h2,15-16H,1,3-14H2. The Labute approximate surface area is 102 Å². The Morgan fingerprint density at radius 1 is 0.812 bits per heavy atom. The summed E-state index contributed by atoms with van der Waals surface area (Å²) < 4.78 is 0. The van der Waals surface area contributed by atoms with Gasteiger partial charge in [-0.1, -0.05) is 63.9 Å². The van der Waals surface area contributed by atoms with Crippen LogP contribution >= 0.6 is 0 Å². The van der Waals surface area contributed by atoms with Crippen molar-refractivity contribution in [1.29, 1.82) is 0 Å². The van der Waals surface area contributed by atoms with Crippen LogP contribution in [0, 0.1) is 0 Å². The molecule has 1 aliphatic carbocycles. The Morgan fingerprint density at radius 3 is 1.69 bits per heavy atom. The van der Waals surface area contributed by atoms with Crippen molar-refractivity contribution in [2.75, 3.05) is 6.54 Å². The predicted molar refractivity (Wildman–Crippen MR) is 72.8 cm³/mol. The first-order valence-corrected chi connectivity index (χ1v) is 7.28. The number of hydrogen-bond acceptors (Lipinski definition) is 1. The van der Waals surface area contributed by atoms with E-state index in [-0.39, 0.29) is 0 Å². The molecule has 0 spiro atoms. The molecule has 0 aromatic carbocycles. The summed E-state index contributed by atoms with van der Waals surface area (Å²) in [5.41, 5.74) is 0. The van der Waals surface area contributed by atoms with Crippen LogP contribution in [0.25, 0.3) is 0 Å². The average Bonchev–Trinajstić information content (AvgIpc) is 2.28. The van der Waals surface area contributed by atoms with Gasteiger partial charge in [-0.3, -0.25) is 0 Å². The quantitative estimate of drug-likeness (QED) is 0.698. The van der Waals surface area contributed by atoms with Gasteiger partial charge in [0.1, 0.15) is 0 Å². The summed E-state index contributed by atoms with van der Waals surface area (Å²) in [5, 5.41) is 3.61. The van der Waals surface area contributed by atoms with E-state index < -0.39 is 0 Å². The lowest BCUT2D eigenvalue weighted by molar-refractivity contribution is 0.416. The largest absolute Gasteiger partial charge is 0.311 e. The van der Waals surface area contributed by atoms with Gasteiger partial charge in [0.25, 0.3) is 0 Å². The summed E-state index contributed by atoms with van der Waals surface area (Å²) in [7, 11) is 0. The highest BCUT2D eigenvalue weighted by Gasteiger charge is 2.07. The van der Waals surface area contributed by atoms with Crippen molar-refractivity contribution in [3.05, 3.63) is 12.7 Å². The third kappa shape index (κ3) is 7.05. The molecule has 0 radical (unpaired) electrons. The van der Waals surface area contributed by atoms with Gasteiger partial charge >= 0.3 is 0 Å². The highest BCUT2D eigenvalue weighted by molar-refractivity contribution is 4.75. The van der Waals surface area contributed by atoms with Crippen molar-refractivity contribution in [3.8, 4) is 0 Å². The fourth-order valence-corrected chi connectivity index (χ4v) is 2.62. The second-order valence-electron chi connectivity index (χ2n) is 5.15. The van der Waals surface area contributed by atoms with Crippen LogP contribution in [-0.2, 0) is 0 Å². The van der Waals surface area contributed by atoms with E-state index in [2.05, 4.69) is 11.9 Å². The zero-order valence-corrected chi connectivity index (χ0v) is 10.8. The van der Waals surface area contributed by atoms with E-state index in [9.17, 15) is 0 Å². The molecule has 0 atom stereocenters. The zero-order chi connectivity index (χ0) is 11.5. The number of hydrogen-bond donors (Lipinski definition) is 1. The van der Waals surface area contributed by atoms with E-state index in [1.807, 2.05) is 6.08 Å². The molecule has 0 heterocycles. The molecule has 0 unspecified atom stereocenters. The first-order valence-electron chi connectivity index (χ1n) is 7.28. The molecule has 1 fully saturated rings. The smallest absolute Gasteiger partial charge is 0.0134 e. The summed E-state index contributed by atoms with van der Waals surface area (Å²) in [6.45, 7) is 4.76. The Bertz CT molecular complexity index is 153. The molecule has 0 amide bonds. The maximum atomic E-state index is 3.79. The SMILES string of the molecule is C=CCNC1CCCCCCCCCCC1. The van der Waals surface area contributed by atoms with Crippen LogP contribution in [0.4, 0.5) is 0 Å². The summed E-state index contributed by atoms with van der Waals surface area (Å²) in [6.07, 6.45) is 17.7. The second-order valence-corrected chi connectivity index (χ2v) is 5.15. The molecular weight excluding hydrogens is 194 g/mol. The second kappa shape index (κ2) is 9.89. The van der Waals surface area contributed by atoms with Gasteiger partial charge in [0.05, 0.1) is 0 Å². The molecule has 1 saturated carbocycles. The van der Waals surface area contributed by atoms with Crippen molar-refractivity contribution in [1.82, 2.24) is 5.32 Å². The Balaban J connectivity index is 2.21. The minimum Gasteiger partial charge on any atom is -0.311 e. The van der Waals surface area contributed by atoms with Gasteiger partial charge in [0, 0.05) is 12.6 Å². The molecule has 1 N–H and O–H groups in total. The van der Waals surface area contributed by atoms with E-state index in [1.54, 1.807) is 0 Å². The van der Waals surface area contributed by atoms with Crippen LogP contribution < -0.4 is 5.32 Å². The van der Waals surface area contributed by atoms with Gasteiger partial charge in [0.2, 0.25) is 0 Å². The lowest BCUT2D eigenvalue weighted by atomic mass is 9.98. The highest BCUT2D eigenvalue weighted by atomic mass is 14.9. The normalized spacial score (nSPS) is 22.0. The summed E-state index contributed by atoms with van der Waals surface area (Å²) in [5.74, 6) is 0. The van der Waals surface area contributed by atoms with Gasteiger partial charge in [-0.15, -0.1) is 6.58 Å². The van der Waals surface area contributed by atoms with Crippen LogP contribution in [0.5, 0.6) is 0 Å². The molecular formula is C15H29N. The number of rotatable bonds is 3. The van der Waals surface area contributed by atoms with Gasteiger partial charge in [-0.05, 0) is 12.8 Å². The Hall–Kier alpha value is -0.300. The summed E-state index contributed by atoms with van der Waals surface area (Å²) >= 11 is 0. The predicted octanol–water partition coefficient (Wildman–Crippen LogP) is 4.44. The highest BCUT2D eigenvalue weighted by Crippen LogP contribution is 2.16. The van der Waals surface area contributed by atoms with Gasteiger partial charge in [0.15, 0.2) is 0 Å². The van der Waals surface area contributed by atoms with Crippen molar-refractivity contribution in [2.45, 2.75) is 76.7 Å². The lowest BCUT2D eigenvalue weighted by Gasteiger charge is -2.18. The van der Waals surface area contributed by atoms with Crippen molar-refractivity contribution >= 4 is 0 Å². The summed E-state index contributed by atoms with van der Waals surface area (Å²) in [6, 6.07) is 0.748. The van der Waals surface area contributed by atoms with E-state index >= 15 is 0 Å². The average molecular weight is 223 g/mol. The van der Waals surface area contributed by atoms with E-state index in [1.165, 1.54) is 70.6 Å². The third-order valence-electron chi connectivity index (χ3n) is 3.66. The topological polar surface area (TPSA) is 12.0 Å². The van der Waals surface area contributed by atoms with Crippen LogP contribution in [0.3, 0.4) is 0 Å². The molecule has 0 aromatic heterocycles. The minimum absolute atomic E-state index is 0.748. The van der Waals surface area contributed by atoms with Crippen molar-refractivity contribution in [3.63, 3.8) is 0 Å². The van der Waals surface area contributed by atoms with Crippen molar-refractivity contribution in [2.24, 2.45) is 0 Å². The fraction of sp³-hybridized carbons (Fsp3) is 0.867. The molecule has 1 rings (SSSR count). The van der Waals surface area contributed by atoms with Gasteiger partial charge in [-0.25, -0.2) is 0 Å². The van der Waals surface area contributed by atoms with Gasteiger partial charge in [-0.2, -0.15) is 0 Å². The van der Waals surface area contributed by atoms with Crippen LogP contribution in [-0.4, -0.2) is 12.6 Å². The van der Waals surface area contributed by atoms with Crippen LogP contribution in [0.1, 0.15) is 70.6 Å². The molecule has 0 bridgehead atoms. The third-order valence-corrected chi connectivity index (χ3v) is 3.66. The Kier molecular flexibility index (Phi) is 8.51. The molecule has 1 heteroatoms.